The van der Waals surface area contributed by atoms with Crippen molar-refractivity contribution in [3.8, 4) is 0 Å². The van der Waals surface area contributed by atoms with Crippen LogP contribution in [0.25, 0.3) is 0 Å². The second kappa shape index (κ2) is 6.83. The van der Waals surface area contributed by atoms with E-state index >= 15 is 0 Å². The molecule has 0 radical (unpaired) electrons. The lowest BCUT2D eigenvalue weighted by molar-refractivity contribution is 0.0761. The van der Waals surface area contributed by atoms with Crippen LogP contribution in [0.4, 0.5) is 0 Å². The maximum absolute atomic E-state index is 12.3. The van der Waals surface area contributed by atoms with Gasteiger partial charge >= 0.3 is 0 Å². The largest absolute Gasteiger partial charge is 0.339 e. The van der Waals surface area contributed by atoms with Crippen LogP contribution < -0.4 is 0 Å². The zero-order valence-electron chi connectivity index (χ0n) is 11.0. The van der Waals surface area contributed by atoms with Crippen molar-refractivity contribution in [3.63, 3.8) is 0 Å². The minimum Gasteiger partial charge on any atom is -0.339 e. The van der Waals surface area contributed by atoms with Crippen molar-refractivity contribution in [2.75, 3.05) is 19.3 Å². The molecule has 0 aliphatic carbocycles. The molecule has 0 spiro atoms. The molecule has 18 heavy (non-hydrogen) atoms. The first kappa shape index (κ1) is 13.5. The van der Waals surface area contributed by atoms with Gasteiger partial charge in [-0.3, -0.25) is 4.79 Å². The number of carbonyl (C=O) groups excluding carboxylic acids is 1. The molecule has 1 saturated heterocycles. The molecule has 2 nitrogen and oxygen atoms in total. The number of amides is 1. The van der Waals surface area contributed by atoms with Crippen molar-refractivity contribution in [1.29, 1.82) is 0 Å². The first-order valence-corrected chi connectivity index (χ1v) is 8.08. The number of rotatable bonds is 3. The molecule has 0 unspecified atom stereocenters. The number of thioether (sulfide) groups is 1. The summed E-state index contributed by atoms with van der Waals surface area (Å²) in [5, 5.41) is 0. The van der Waals surface area contributed by atoms with Gasteiger partial charge in [-0.25, -0.2) is 0 Å². The van der Waals surface area contributed by atoms with E-state index in [1.807, 2.05) is 17.0 Å². The minimum atomic E-state index is 0.201. The summed E-state index contributed by atoms with van der Waals surface area (Å²) in [4.78, 5) is 14.4. The number of carbonyl (C=O) groups is 1. The first-order valence-electron chi connectivity index (χ1n) is 6.68. The molecule has 1 aliphatic heterocycles. The van der Waals surface area contributed by atoms with Gasteiger partial charge in [0.1, 0.15) is 0 Å². The summed E-state index contributed by atoms with van der Waals surface area (Å²) in [7, 11) is 0. The van der Waals surface area contributed by atoms with Crippen molar-refractivity contribution < 1.29 is 4.79 Å². The van der Waals surface area contributed by atoms with Gasteiger partial charge in [0.05, 0.1) is 0 Å². The van der Waals surface area contributed by atoms with Gasteiger partial charge in [-0.1, -0.05) is 25.0 Å². The maximum Gasteiger partial charge on any atom is 0.253 e. The van der Waals surface area contributed by atoms with E-state index < -0.39 is 0 Å². The number of hydrogen-bond donors (Lipinski definition) is 0. The molecule has 1 heterocycles. The molecule has 0 atom stereocenters. The van der Waals surface area contributed by atoms with Gasteiger partial charge in [-0.15, -0.1) is 0 Å². The first-order chi connectivity index (χ1) is 8.81. The van der Waals surface area contributed by atoms with Crippen LogP contribution in [-0.2, 0) is 5.75 Å². The van der Waals surface area contributed by atoms with Crippen molar-refractivity contribution in [3.05, 3.63) is 35.4 Å². The normalized spacial score (nSPS) is 16.4. The van der Waals surface area contributed by atoms with E-state index in [0.717, 1.165) is 37.2 Å². The van der Waals surface area contributed by atoms with Crippen LogP contribution in [0, 0.1) is 0 Å². The summed E-state index contributed by atoms with van der Waals surface area (Å²) >= 11 is 1.80. The summed E-state index contributed by atoms with van der Waals surface area (Å²) < 4.78 is 0. The average Bonchev–Trinajstić information content (AvgIpc) is 2.68. The Bertz CT molecular complexity index is 380. The van der Waals surface area contributed by atoms with E-state index in [-0.39, 0.29) is 5.91 Å². The molecule has 0 aromatic heterocycles. The molecule has 1 amide bonds. The van der Waals surface area contributed by atoms with E-state index in [1.54, 1.807) is 11.8 Å². The molecule has 3 heteroatoms. The Kier molecular flexibility index (Phi) is 5.12. The van der Waals surface area contributed by atoms with E-state index in [2.05, 4.69) is 18.4 Å². The Morgan fingerprint density at radius 3 is 2.28 bits per heavy atom. The van der Waals surface area contributed by atoms with Crippen molar-refractivity contribution in [1.82, 2.24) is 4.90 Å². The molecular formula is C15H21NOS. The summed E-state index contributed by atoms with van der Waals surface area (Å²) in [6.07, 6.45) is 6.91. The van der Waals surface area contributed by atoms with Gasteiger partial charge in [-0.05, 0) is 36.8 Å². The third kappa shape index (κ3) is 3.52. The summed E-state index contributed by atoms with van der Waals surface area (Å²) in [5.74, 6) is 1.21. The SMILES string of the molecule is CSCc1ccc(C(=O)N2CCCCCC2)cc1. The van der Waals surface area contributed by atoms with Crippen LogP contribution in [0.3, 0.4) is 0 Å². The Hall–Kier alpha value is -0.960. The van der Waals surface area contributed by atoms with Crippen LogP contribution in [0.1, 0.15) is 41.6 Å². The van der Waals surface area contributed by atoms with Gasteiger partial charge in [0.15, 0.2) is 0 Å². The molecule has 1 aliphatic rings. The lowest BCUT2D eigenvalue weighted by atomic mass is 10.1. The Balaban J connectivity index is 2.02. The third-order valence-electron chi connectivity index (χ3n) is 3.41. The van der Waals surface area contributed by atoms with Gasteiger partial charge in [0.2, 0.25) is 0 Å². The molecule has 0 bridgehead atoms. The predicted octanol–water partition coefficient (Wildman–Crippen LogP) is 3.57. The Labute approximate surface area is 114 Å². The van der Waals surface area contributed by atoms with E-state index in [4.69, 9.17) is 0 Å². The van der Waals surface area contributed by atoms with E-state index in [0.29, 0.717) is 0 Å². The second-order valence-corrected chi connectivity index (χ2v) is 5.70. The molecule has 1 fully saturated rings. The van der Waals surface area contributed by atoms with E-state index in [9.17, 15) is 4.79 Å². The fourth-order valence-electron chi connectivity index (χ4n) is 2.37. The minimum absolute atomic E-state index is 0.201. The lowest BCUT2D eigenvalue weighted by Gasteiger charge is -2.20. The van der Waals surface area contributed by atoms with Crippen LogP contribution in [0.15, 0.2) is 24.3 Å². The predicted molar refractivity (Wildman–Crippen MR) is 78.0 cm³/mol. The zero-order chi connectivity index (χ0) is 12.8. The third-order valence-corrected chi connectivity index (χ3v) is 4.03. The molecule has 0 saturated carbocycles. The standard InChI is InChI=1S/C15H21NOS/c1-18-12-13-6-8-14(9-7-13)15(17)16-10-4-2-3-5-11-16/h6-9H,2-5,10-12H2,1H3. The summed E-state index contributed by atoms with van der Waals surface area (Å²) in [6, 6.07) is 8.08. The molecule has 2 rings (SSSR count). The van der Waals surface area contributed by atoms with Gasteiger partial charge < -0.3 is 4.90 Å². The highest BCUT2D eigenvalue weighted by atomic mass is 32.2. The fraction of sp³-hybridized carbons (Fsp3) is 0.533. The van der Waals surface area contributed by atoms with Crippen molar-refractivity contribution in [2.24, 2.45) is 0 Å². The van der Waals surface area contributed by atoms with Crippen LogP contribution in [0.5, 0.6) is 0 Å². The fourth-order valence-corrected chi connectivity index (χ4v) is 2.89. The van der Waals surface area contributed by atoms with Crippen LogP contribution in [0.2, 0.25) is 0 Å². The maximum atomic E-state index is 12.3. The number of nitrogens with zero attached hydrogens (tertiary/aromatic N) is 1. The summed E-state index contributed by atoms with van der Waals surface area (Å²) in [6.45, 7) is 1.84. The number of hydrogen-bond acceptors (Lipinski definition) is 2. The monoisotopic (exact) mass is 263 g/mol. The van der Waals surface area contributed by atoms with Crippen LogP contribution >= 0.6 is 11.8 Å². The second-order valence-electron chi connectivity index (χ2n) is 4.84. The van der Waals surface area contributed by atoms with Crippen molar-refractivity contribution >= 4 is 17.7 Å². The highest BCUT2D eigenvalue weighted by Crippen LogP contribution is 2.15. The highest BCUT2D eigenvalue weighted by molar-refractivity contribution is 7.97. The summed E-state index contributed by atoms with van der Waals surface area (Å²) in [5.41, 5.74) is 2.12. The smallest absolute Gasteiger partial charge is 0.253 e. The number of likely N-dealkylation sites (tertiary alicyclic amines) is 1. The van der Waals surface area contributed by atoms with Gasteiger partial charge in [0.25, 0.3) is 5.91 Å². The molecule has 98 valence electrons. The quantitative estimate of drug-likeness (QED) is 0.831. The molecular weight excluding hydrogens is 242 g/mol. The topological polar surface area (TPSA) is 20.3 Å². The number of benzene rings is 1. The molecule has 1 aromatic rings. The molecule has 0 N–H and O–H groups in total. The van der Waals surface area contributed by atoms with Gasteiger partial charge in [-0.2, -0.15) is 11.8 Å². The Morgan fingerprint density at radius 2 is 1.72 bits per heavy atom. The van der Waals surface area contributed by atoms with Gasteiger partial charge in [0, 0.05) is 24.4 Å². The highest BCUT2D eigenvalue weighted by Gasteiger charge is 2.16. The zero-order valence-corrected chi connectivity index (χ0v) is 11.8. The van der Waals surface area contributed by atoms with E-state index in [1.165, 1.54) is 18.4 Å². The molecule has 1 aromatic carbocycles. The van der Waals surface area contributed by atoms with Crippen LogP contribution in [-0.4, -0.2) is 30.2 Å². The van der Waals surface area contributed by atoms with Crippen molar-refractivity contribution in [2.45, 2.75) is 31.4 Å². The average molecular weight is 263 g/mol. The lowest BCUT2D eigenvalue weighted by Crippen LogP contribution is -2.31. The Morgan fingerprint density at radius 1 is 1.11 bits per heavy atom.